The van der Waals surface area contributed by atoms with Crippen LogP contribution in [-0.4, -0.2) is 45.5 Å². The van der Waals surface area contributed by atoms with Gasteiger partial charge in [-0.25, -0.2) is 4.79 Å². The molecular weight excluding hydrogens is 514 g/mol. The van der Waals surface area contributed by atoms with Gasteiger partial charge in [-0.3, -0.25) is 23.5 Å². The second kappa shape index (κ2) is 10.8. The summed E-state index contributed by atoms with van der Waals surface area (Å²) < 4.78 is 27.7. The predicted octanol–water partition coefficient (Wildman–Crippen LogP) is 3.17. The lowest BCUT2D eigenvalue weighted by molar-refractivity contribution is -0.123. The van der Waals surface area contributed by atoms with Gasteiger partial charge in [0.05, 0.1) is 16.8 Å². The minimum atomic E-state index is -1.87. The van der Waals surface area contributed by atoms with Gasteiger partial charge < -0.3 is 10.2 Å². The lowest BCUT2D eigenvalue weighted by Crippen LogP contribution is -2.49. The van der Waals surface area contributed by atoms with Crippen molar-refractivity contribution in [3.05, 3.63) is 78.3 Å². The largest absolute Gasteiger partial charge is 0.353 e. The van der Waals surface area contributed by atoms with E-state index < -0.39 is 23.2 Å². The number of nitrogens with zero attached hydrogens (tertiary/aromatic N) is 3. The second-order valence-electron chi connectivity index (χ2n) is 8.33. The number of aromatic nitrogens is 2. The average molecular weight is 537 g/mol. The van der Waals surface area contributed by atoms with E-state index in [1.54, 1.807) is 31.2 Å². The van der Waals surface area contributed by atoms with Crippen molar-refractivity contribution >= 4 is 45.0 Å². The fraction of sp³-hybridized carbons (Fsp3) is 0.333. The molecule has 12 heteroatoms. The minimum Gasteiger partial charge on any atom is -0.353 e. The van der Waals surface area contributed by atoms with Crippen LogP contribution in [0.15, 0.2) is 46.0 Å². The van der Waals surface area contributed by atoms with Crippen LogP contribution in [0.1, 0.15) is 27.2 Å². The first-order valence-corrected chi connectivity index (χ1v) is 12.5. The molecule has 1 aliphatic rings. The van der Waals surface area contributed by atoms with Gasteiger partial charge in [-0.05, 0) is 43.0 Å². The second-order valence-corrected chi connectivity index (χ2v) is 9.73. The molecule has 1 N–H and O–H groups in total. The van der Waals surface area contributed by atoms with E-state index in [1.807, 2.05) is 0 Å². The zero-order valence-corrected chi connectivity index (χ0v) is 20.9. The van der Waals surface area contributed by atoms with Crippen molar-refractivity contribution in [3.63, 3.8) is 0 Å². The van der Waals surface area contributed by atoms with Crippen molar-refractivity contribution in [1.82, 2.24) is 19.4 Å². The molecule has 2 amide bonds. The number of carbonyl (C=O) groups is 2. The van der Waals surface area contributed by atoms with Crippen molar-refractivity contribution < 1.29 is 18.4 Å². The minimum absolute atomic E-state index is 0.0233. The van der Waals surface area contributed by atoms with E-state index >= 15 is 0 Å². The quantitative estimate of drug-likeness (QED) is 0.502. The molecule has 1 saturated heterocycles. The summed E-state index contributed by atoms with van der Waals surface area (Å²) in [6.07, 6.45) is -0.993. The average Bonchev–Trinajstić information content (AvgIpc) is 3.18. The smallest absolute Gasteiger partial charge is 0.332 e. The molecule has 3 heterocycles. The lowest BCUT2D eigenvalue weighted by Gasteiger charge is -2.26. The number of hydrogen-bond donors (Lipinski definition) is 1. The van der Waals surface area contributed by atoms with E-state index in [0.717, 1.165) is 21.5 Å². The number of thiophene rings is 1. The highest BCUT2D eigenvalue weighted by molar-refractivity contribution is 7.20. The fourth-order valence-electron chi connectivity index (χ4n) is 4.18. The summed E-state index contributed by atoms with van der Waals surface area (Å²) in [6, 6.07) is 7.07. The van der Waals surface area contributed by atoms with E-state index in [0.29, 0.717) is 36.2 Å². The molecule has 0 aliphatic carbocycles. The molecule has 0 spiro atoms. The van der Waals surface area contributed by atoms with E-state index in [4.69, 9.17) is 11.6 Å². The van der Waals surface area contributed by atoms with Gasteiger partial charge in [0.2, 0.25) is 5.91 Å². The first-order valence-electron chi connectivity index (χ1n) is 11.3. The Balaban J connectivity index is 1.82. The first-order chi connectivity index (χ1) is 17.2. The van der Waals surface area contributed by atoms with Crippen LogP contribution in [0.5, 0.6) is 0 Å². The van der Waals surface area contributed by atoms with Gasteiger partial charge in [0.1, 0.15) is 4.83 Å². The number of hydrogen-bond acceptors (Lipinski definition) is 5. The normalized spacial score (nSPS) is 13.7. The predicted molar refractivity (Wildman–Crippen MR) is 134 cm³/mol. The Morgan fingerprint density at radius 2 is 1.92 bits per heavy atom. The fourth-order valence-corrected chi connectivity index (χ4v) is 5.70. The van der Waals surface area contributed by atoms with E-state index in [2.05, 4.69) is 5.32 Å². The molecule has 4 rings (SSSR count). The van der Waals surface area contributed by atoms with Gasteiger partial charge >= 0.3 is 5.69 Å². The molecule has 190 valence electrons. The van der Waals surface area contributed by atoms with E-state index in [-0.39, 0.29) is 47.1 Å². The highest BCUT2D eigenvalue weighted by Crippen LogP contribution is 2.29. The molecule has 1 aliphatic heterocycles. The zero-order chi connectivity index (χ0) is 26.0. The zero-order valence-electron chi connectivity index (χ0n) is 19.4. The molecule has 3 aromatic rings. The standard InChI is InChI=1S/C24H23ClF2N4O4S/c1-14-19-21(33)30(11-8-15-5-2-3-6-16(15)25)24(35)31(10-4-7-17(26)27)23(19)36-20(14)22(34)29-12-9-28-18(32)13-29/h2-3,5-7H,4,8-13H2,1H3,(H,28,32). The number of aryl methyl sites for hydroxylation is 3. The molecule has 2 aromatic heterocycles. The summed E-state index contributed by atoms with van der Waals surface area (Å²) in [7, 11) is 0. The topological polar surface area (TPSA) is 93.4 Å². The molecule has 0 atom stereocenters. The molecule has 1 fully saturated rings. The Morgan fingerprint density at radius 3 is 2.61 bits per heavy atom. The van der Waals surface area contributed by atoms with Crippen LogP contribution in [0.4, 0.5) is 8.78 Å². The highest BCUT2D eigenvalue weighted by Gasteiger charge is 2.28. The maximum Gasteiger partial charge on any atom is 0.332 e. The summed E-state index contributed by atoms with van der Waals surface area (Å²) in [6.45, 7) is 2.06. The molecule has 1 aromatic carbocycles. The van der Waals surface area contributed by atoms with Gasteiger partial charge in [0.15, 0.2) is 0 Å². The monoisotopic (exact) mass is 536 g/mol. The third-order valence-electron chi connectivity index (χ3n) is 6.03. The summed E-state index contributed by atoms with van der Waals surface area (Å²) in [5.74, 6) is -0.702. The number of piperazine rings is 1. The van der Waals surface area contributed by atoms with Crippen molar-refractivity contribution in [3.8, 4) is 0 Å². The number of benzene rings is 1. The number of amides is 2. The molecule has 36 heavy (non-hydrogen) atoms. The van der Waals surface area contributed by atoms with Crippen molar-refractivity contribution in [2.75, 3.05) is 19.6 Å². The third kappa shape index (κ3) is 5.12. The maximum atomic E-state index is 13.5. The molecule has 8 nitrogen and oxygen atoms in total. The number of carbonyl (C=O) groups excluding carboxylic acids is 2. The van der Waals surface area contributed by atoms with Crippen molar-refractivity contribution in [2.45, 2.75) is 32.9 Å². The Morgan fingerprint density at radius 1 is 1.17 bits per heavy atom. The number of rotatable bonds is 7. The molecule has 0 unspecified atom stereocenters. The van der Waals surface area contributed by atoms with Crippen LogP contribution in [0.3, 0.4) is 0 Å². The van der Waals surface area contributed by atoms with Crippen LogP contribution in [-0.2, 0) is 24.3 Å². The van der Waals surface area contributed by atoms with E-state index in [1.165, 1.54) is 9.47 Å². The van der Waals surface area contributed by atoms with Crippen molar-refractivity contribution in [1.29, 1.82) is 0 Å². The molecule has 0 saturated carbocycles. The summed E-state index contributed by atoms with van der Waals surface area (Å²) in [5.41, 5.74) is -0.0659. The van der Waals surface area contributed by atoms with Crippen LogP contribution in [0.2, 0.25) is 5.02 Å². The Hall–Kier alpha value is -3.31. The number of halogens is 3. The van der Waals surface area contributed by atoms with Crippen LogP contribution in [0.25, 0.3) is 10.2 Å². The Labute approximate surface area is 213 Å². The Kier molecular flexibility index (Phi) is 7.70. The number of fused-ring (bicyclic) bond motifs is 1. The molecular formula is C24H23ClF2N4O4S. The van der Waals surface area contributed by atoms with Crippen LogP contribution >= 0.6 is 22.9 Å². The number of nitrogens with one attached hydrogen (secondary N) is 1. The van der Waals surface area contributed by atoms with Crippen molar-refractivity contribution in [2.24, 2.45) is 0 Å². The van der Waals surface area contributed by atoms with Gasteiger partial charge in [-0.1, -0.05) is 29.8 Å². The van der Waals surface area contributed by atoms with Gasteiger partial charge in [-0.2, -0.15) is 8.78 Å². The van der Waals surface area contributed by atoms with Crippen LogP contribution < -0.4 is 16.6 Å². The van der Waals surface area contributed by atoms with Gasteiger partial charge in [0, 0.05) is 31.2 Å². The summed E-state index contributed by atoms with van der Waals surface area (Å²) in [4.78, 5) is 53.7. The maximum absolute atomic E-state index is 13.5. The summed E-state index contributed by atoms with van der Waals surface area (Å²) >= 11 is 7.19. The molecule has 0 radical (unpaired) electrons. The third-order valence-corrected chi connectivity index (χ3v) is 7.70. The summed E-state index contributed by atoms with van der Waals surface area (Å²) in [5, 5.41) is 3.34. The Bertz CT molecular complexity index is 1490. The van der Waals surface area contributed by atoms with Gasteiger partial charge in [-0.15, -0.1) is 11.3 Å². The van der Waals surface area contributed by atoms with Gasteiger partial charge in [0.25, 0.3) is 17.5 Å². The lowest BCUT2D eigenvalue weighted by atomic mass is 10.1. The highest BCUT2D eigenvalue weighted by atomic mass is 35.5. The van der Waals surface area contributed by atoms with E-state index in [9.17, 15) is 28.0 Å². The molecule has 0 bridgehead atoms. The SMILES string of the molecule is Cc1c(C(=O)N2CCNC(=O)C2)sc2c1c(=O)n(CCc1ccccc1Cl)c(=O)n2CCC=C(F)F. The van der Waals surface area contributed by atoms with Crippen LogP contribution in [0, 0.1) is 6.92 Å². The number of allylic oxidation sites excluding steroid dienone is 1. The first kappa shape index (κ1) is 25.8.